The molecule has 1 aliphatic rings. The zero-order valence-corrected chi connectivity index (χ0v) is 10.4. The number of rotatable bonds is 1. The Hall–Kier alpha value is -2.27. The molecule has 5 nitrogen and oxygen atoms in total. The van der Waals surface area contributed by atoms with Gasteiger partial charge in [0.2, 0.25) is 0 Å². The molecule has 0 unspecified atom stereocenters. The van der Waals surface area contributed by atoms with Crippen molar-refractivity contribution in [3.8, 4) is 11.1 Å². The summed E-state index contributed by atoms with van der Waals surface area (Å²) in [5, 5.41) is 0. The molecule has 2 aromatic carbocycles. The minimum absolute atomic E-state index is 0.152. The largest absolute Gasteiger partial charge is 0.361 e. The third-order valence-electron chi connectivity index (χ3n) is 3.11. The predicted molar refractivity (Wildman–Crippen MR) is 68.5 cm³/mol. The molecule has 0 atom stereocenters. The Balaban J connectivity index is 2.49. The van der Waals surface area contributed by atoms with Crippen molar-refractivity contribution in [1.29, 1.82) is 0 Å². The van der Waals surface area contributed by atoms with E-state index in [4.69, 9.17) is 5.53 Å². The van der Waals surface area contributed by atoms with Crippen molar-refractivity contribution in [1.82, 2.24) is 0 Å². The van der Waals surface area contributed by atoms with Crippen LogP contribution >= 0.6 is 0 Å². The molecule has 0 saturated carbocycles. The Kier molecular flexibility index (Phi) is 2.40. The van der Waals surface area contributed by atoms with E-state index in [1.54, 1.807) is 30.3 Å². The van der Waals surface area contributed by atoms with Crippen LogP contribution in [-0.4, -0.2) is 23.5 Å². The average molecular weight is 272 g/mol. The molecule has 3 rings (SSSR count). The van der Waals surface area contributed by atoms with E-state index in [9.17, 15) is 13.0 Å². The molecule has 2 aromatic rings. The number of hydrogen-bond donors (Lipinski definition) is 1. The van der Waals surface area contributed by atoms with Gasteiger partial charge in [0.05, 0.1) is 11.1 Å². The first-order valence-electron chi connectivity index (χ1n) is 5.47. The summed E-state index contributed by atoms with van der Waals surface area (Å²) in [6.07, 6.45) is 0. The molecule has 6 heteroatoms. The summed E-state index contributed by atoms with van der Waals surface area (Å²) >= 11 is 0. The number of benzene rings is 2. The summed E-state index contributed by atoms with van der Waals surface area (Å²) in [6, 6.07) is 11.7. The van der Waals surface area contributed by atoms with E-state index >= 15 is 0 Å². The lowest BCUT2D eigenvalue weighted by atomic mass is 10.1. The molecule has 0 bridgehead atoms. The number of fused-ring (bicyclic) bond motifs is 3. The highest BCUT2D eigenvalue weighted by Crippen LogP contribution is 2.39. The molecule has 0 aromatic heterocycles. The van der Waals surface area contributed by atoms with Crippen molar-refractivity contribution in [2.45, 2.75) is 4.90 Å². The van der Waals surface area contributed by atoms with Gasteiger partial charge in [0.1, 0.15) is 4.90 Å². The highest BCUT2D eigenvalue weighted by atomic mass is 32.2. The van der Waals surface area contributed by atoms with Crippen LogP contribution in [0.1, 0.15) is 11.1 Å². The van der Waals surface area contributed by atoms with Gasteiger partial charge in [-0.15, -0.1) is 0 Å². The van der Waals surface area contributed by atoms with Crippen LogP contribution in [0, 0.1) is 0 Å². The number of nitrogens with zero attached hydrogens (tertiary/aromatic N) is 2. The van der Waals surface area contributed by atoms with Gasteiger partial charge in [-0.25, -0.2) is 0 Å². The molecule has 94 valence electrons. The second kappa shape index (κ2) is 3.86. The van der Waals surface area contributed by atoms with Crippen molar-refractivity contribution in [3.05, 3.63) is 59.1 Å². The Morgan fingerprint density at radius 2 is 1.58 bits per heavy atom. The zero-order valence-electron chi connectivity index (χ0n) is 9.61. The van der Waals surface area contributed by atoms with Gasteiger partial charge in [0.25, 0.3) is 10.1 Å². The SMILES string of the molecule is [N-]=[N+]=C1c2ccccc2-c2cccc(S(=O)(=O)O)c21. The molecular weight excluding hydrogens is 264 g/mol. The van der Waals surface area contributed by atoms with Crippen molar-refractivity contribution in [3.63, 3.8) is 0 Å². The summed E-state index contributed by atoms with van der Waals surface area (Å²) in [5.74, 6) is 0. The highest BCUT2D eigenvalue weighted by Gasteiger charge is 2.36. The standard InChI is InChI=1S/C13H8N2O3S/c14-15-13-10-5-2-1-4-8(10)9-6-3-7-11(12(9)13)19(16,17)18/h1-7H,(H,16,17,18). The van der Waals surface area contributed by atoms with Gasteiger partial charge in [0.15, 0.2) is 0 Å². The Morgan fingerprint density at radius 3 is 2.21 bits per heavy atom. The molecule has 1 aliphatic carbocycles. The van der Waals surface area contributed by atoms with E-state index in [0.717, 1.165) is 5.56 Å². The minimum atomic E-state index is -4.38. The molecule has 0 aliphatic heterocycles. The fourth-order valence-electron chi connectivity index (χ4n) is 2.38. The second-order valence-electron chi connectivity index (χ2n) is 4.15. The van der Waals surface area contributed by atoms with Crippen LogP contribution < -0.4 is 0 Å². The highest BCUT2D eigenvalue weighted by molar-refractivity contribution is 7.86. The van der Waals surface area contributed by atoms with Crippen molar-refractivity contribution >= 4 is 15.8 Å². The normalized spacial score (nSPS) is 12.8. The maximum absolute atomic E-state index is 11.4. The molecule has 0 amide bonds. The summed E-state index contributed by atoms with van der Waals surface area (Å²) in [6.45, 7) is 0. The van der Waals surface area contributed by atoms with E-state index < -0.39 is 10.1 Å². The minimum Gasteiger partial charge on any atom is -0.361 e. The maximum Gasteiger partial charge on any atom is 0.332 e. The van der Waals surface area contributed by atoms with Crippen molar-refractivity contribution in [2.75, 3.05) is 0 Å². The molecule has 19 heavy (non-hydrogen) atoms. The quantitative estimate of drug-likeness (QED) is 0.417. The average Bonchev–Trinajstić information content (AvgIpc) is 2.71. The van der Waals surface area contributed by atoms with E-state index in [1.165, 1.54) is 6.07 Å². The van der Waals surface area contributed by atoms with E-state index in [0.29, 0.717) is 11.1 Å². The van der Waals surface area contributed by atoms with Gasteiger partial charge in [-0.3, -0.25) is 4.55 Å². The lowest BCUT2D eigenvalue weighted by Crippen LogP contribution is -2.08. The Bertz CT molecular complexity index is 850. The van der Waals surface area contributed by atoms with Crippen LogP contribution in [0.25, 0.3) is 16.7 Å². The molecule has 1 N–H and O–H groups in total. The predicted octanol–water partition coefficient (Wildman–Crippen LogP) is 1.98. The van der Waals surface area contributed by atoms with Crippen LogP contribution in [0.3, 0.4) is 0 Å². The Morgan fingerprint density at radius 1 is 0.947 bits per heavy atom. The van der Waals surface area contributed by atoms with Crippen LogP contribution in [0.15, 0.2) is 47.4 Å². The van der Waals surface area contributed by atoms with Crippen LogP contribution in [-0.2, 0) is 10.1 Å². The smallest absolute Gasteiger partial charge is 0.332 e. The third-order valence-corrected chi connectivity index (χ3v) is 4.01. The lowest BCUT2D eigenvalue weighted by Gasteiger charge is -2.02. The lowest BCUT2D eigenvalue weighted by molar-refractivity contribution is -0.00265. The molecule has 0 heterocycles. The molecular formula is C13H8N2O3S. The molecule has 0 radical (unpaired) electrons. The van der Waals surface area contributed by atoms with Gasteiger partial charge in [0, 0.05) is 0 Å². The fraction of sp³-hybridized carbons (Fsp3) is 0. The van der Waals surface area contributed by atoms with Gasteiger partial charge in [-0.05, 0) is 23.3 Å². The van der Waals surface area contributed by atoms with Crippen LogP contribution in [0.2, 0.25) is 0 Å². The first-order valence-corrected chi connectivity index (χ1v) is 6.91. The van der Waals surface area contributed by atoms with Crippen LogP contribution in [0.5, 0.6) is 0 Å². The van der Waals surface area contributed by atoms with E-state index in [2.05, 4.69) is 4.79 Å². The second-order valence-corrected chi connectivity index (χ2v) is 5.54. The van der Waals surface area contributed by atoms with Crippen LogP contribution in [0.4, 0.5) is 0 Å². The molecule has 0 fully saturated rings. The maximum atomic E-state index is 11.4. The van der Waals surface area contributed by atoms with Gasteiger partial charge in [-0.2, -0.15) is 13.2 Å². The molecule has 0 saturated heterocycles. The van der Waals surface area contributed by atoms with Crippen molar-refractivity contribution < 1.29 is 17.8 Å². The summed E-state index contributed by atoms with van der Waals surface area (Å²) < 4.78 is 32.1. The van der Waals surface area contributed by atoms with Gasteiger partial charge >= 0.3 is 5.71 Å². The molecule has 0 spiro atoms. The number of hydrogen-bond acceptors (Lipinski definition) is 2. The summed E-state index contributed by atoms with van der Waals surface area (Å²) in [5.41, 5.74) is 11.6. The van der Waals surface area contributed by atoms with Gasteiger partial charge in [-0.1, -0.05) is 30.3 Å². The van der Waals surface area contributed by atoms with Crippen molar-refractivity contribution in [2.24, 2.45) is 0 Å². The third kappa shape index (κ3) is 1.62. The zero-order chi connectivity index (χ0) is 13.6. The first kappa shape index (κ1) is 11.8. The fourth-order valence-corrected chi connectivity index (χ4v) is 3.09. The first-order chi connectivity index (χ1) is 9.04. The van der Waals surface area contributed by atoms with E-state index in [-0.39, 0.29) is 16.2 Å². The topological polar surface area (TPSA) is 90.8 Å². The Labute approximate surface area is 109 Å². The summed E-state index contributed by atoms with van der Waals surface area (Å²) in [7, 11) is -4.38. The van der Waals surface area contributed by atoms with E-state index in [1.807, 2.05) is 6.07 Å². The monoisotopic (exact) mass is 272 g/mol. The van der Waals surface area contributed by atoms with Gasteiger partial charge < -0.3 is 5.53 Å². The summed E-state index contributed by atoms with van der Waals surface area (Å²) in [4.78, 5) is 2.93.